The maximum absolute atomic E-state index is 10.1. The lowest BCUT2D eigenvalue weighted by atomic mass is 10.2. The standard InChI is InChI=1S/C15H32O2Si/c1-9-10-15(16)14(8)17-18(11(2)3,12(4)5)13(6)7/h9,11-16H,1,10H2,2-8H3/t14-,15?/m0/s1. The van der Waals surface area contributed by atoms with E-state index in [-0.39, 0.29) is 6.10 Å². The first-order valence-electron chi connectivity index (χ1n) is 7.16. The van der Waals surface area contributed by atoms with E-state index in [4.69, 9.17) is 4.43 Å². The van der Waals surface area contributed by atoms with Gasteiger partial charge in [-0.15, -0.1) is 6.58 Å². The van der Waals surface area contributed by atoms with Crippen LogP contribution in [0.3, 0.4) is 0 Å². The number of hydrogen-bond acceptors (Lipinski definition) is 2. The Bertz CT molecular complexity index is 227. The van der Waals surface area contributed by atoms with Gasteiger partial charge >= 0.3 is 0 Å². The molecule has 0 fully saturated rings. The van der Waals surface area contributed by atoms with Gasteiger partial charge in [0.05, 0.1) is 12.2 Å². The van der Waals surface area contributed by atoms with Crippen molar-refractivity contribution in [2.45, 2.75) is 83.7 Å². The molecule has 0 radical (unpaired) electrons. The Kier molecular flexibility index (Phi) is 7.41. The normalized spacial score (nSPS) is 16.4. The largest absolute Gasteiger partial charge is 0.411 e. The quantitative estimate of drug-likeness (QED) is 0.520. The minimum Gasteiger partial charge on any atom is -0.411 e. The van der Waals surface area contributed by atoms with E-state index in [0.717, 1.165) is 0 Å². The van der Waals surface area contributed by atoms with E-state index in [9.17, 15) is 5.11 Å². The SMILES string of the molecule is C=CCC(O)[C@H](C)O[Si](C(C)C)(C(C)C)C(C)C. The molecule has 18 heavy (non-hydrogen) atoms. The van der Waals surface area contributed by atoms with Crippen molar-refractivity contribution in [3.8, 4) is 0 Å². The van der Waals surface area contributed by atoms with E-state index in [1.54, 1.807) is 6.08 Å². The Balaban J connectivity index is 5.05. The molecule has 0 saturated heterocycles. The molecule has 0 aliphatic heterocycles. The molecule has 0 saturated carbocycles. The minimum absolute atomic E-state index is 0.109. The second-order valence-electron chi connectivity index (χ2n) is 6.23. The van der Waals surface area contributed by atoms with Crippen LogP contribution >= 0.6 is 0 Å². The molecule has 0 aliphatic carbocycles. The molecular weight excluding hydrogens is 240 g/mol. The van der Waals surface area contributed by atoms with Crippen molar-refractivity contribution in [2.75, 3.05) is 0 Å². The highest BCUT2D eigenvalue weighted by Gasteiger charge is 2.46. The molecular formula is C15H32O2Si. The van der Waals surface area contributed by atoms with Crippen LogP contribution in [0.4, 0.5) is 0 Å². The maximum Gasteiger partial charge on any atom is 0.200 e. The molecule has 0 rings (SSSR count). The van der Waals surface area contributed by atoms with Crippen molar-refractivity contribution in [3.05, 3.63) is 12.7 Å². The fourth-order valence-corrected chi connectivity index (χ4v) is 8.79. The number of hydrogen-bond donors (Lipinski definition) is 1. The van der Waals surface area contributed by atoms with Crippen molar-refractivity contribution >= 4 is 8.32 Å². The lowest BCUT2D eigenvalue weighted by Gasteiger charge is -2.44. The molecule has 0 aromatic carbocycles. The van der Waals surface area contributed by atoms with Crippen molar-refractivity contribution in [1.82, 2.24) is 0 Å². The van der Waals surface area contributed by atoms with Crippen molar-refractivity contribution in [2.24, 2.45) is 0 Å². The molecule has 0 bridgehead atoms. The Hall–Kier alpha value is -0.123. The Morgan fingerprint density at radius 1 is 1.00 bits per heavy atom. The van der Waals surface area contributed by atoms with Crippen LogP contribution in [0, 0.1) is 0 Å². The van der Waals surface area contributed by atoms with Gasteiger partial charge in [0, 0.05) is 0 Å². The molecule has 3 heteroatoms. The molecule has 2 nitrogen and oxygen atoms in total. The summed E-state index contributed by atoms with van der Waals surface area (Å²) in [6.07, 6.45) is 1.81. The first-order valence-corrected chi connectivity index (χ1v) is 9.30. The van der Waals surface area contributed by atoms with Crippen LogP contribution < -0.4 is 0 Å². The summed E-state index contributed by atoms with van der Waals surface area (Å²) in [5.74, 6) is 0. The molecule has 1 unspecified atom stereocenters. The van der Waals surface area contributed by atoms with Gasteiger partial charge in [-0.1, -0.05) is 47.6 Å². The average molecular weight is 273 g/mol. The number of rotatable bonds is 8. The third kappa shape index (κ3) is 3.94. The highest BCUT2D eigenvalue weighted by molar-refractivity contribution is 6.77. The predicted octanol–water partition coefficient (Wildman–Crippen LogP) is 4.50. The van der Waals surface area contributed by atoms with Crippen molar-refractivity contribution in [1.29, 1.82) is 0 Å². The fraction of sp³-hybridized carbons (Fsp3) is 0.867. The summed E-state index contributed by atoms with van der Waals surface area (Å²) in [4.78, 5) is 0. The van der Waals surface area contributed by atoms with E-state index in [0.29, 0.717) is 23.0 Å². The van der Waals surface area contributed by atoms with Gasteiger partial charge in [-0.2, -0.15) is 0 Å². The Labute approximate surface area is 115 Å². The van der Waals surface area contributed by atoms with Crippen molar-refractivity contribution in [3.63, 3.8) is 0 Å². The molecule has 0 spiro atoms. The Morgan fingerprint density at radius 2 is 1.39 bits per heavy atom. The highest BCUT2D eigenvalue weighted by Crippen LogP contribution is 2.43. The molecule has 0 aromatic rings. The van der Waals surface area contributed by atoms with Crippen LogP contribution in [0.5, 0.6) is 0 Å². The molecule has 2 atom stereocenters. The van der Waals surface area contributed by atoms with Crippen LogP contribution in [0.2, 0.25) is 16.6 Å². The van der Waals surface area contributed by atoms with Gasteiger partial charge in [0.1, 0.15) is 0 Å². The monoisotopic (exact) mass is 272 g/mol. The number of aliphatic hydroxyl groups is 1. The second kappa shape index (κ2) is 7.46. The van der Waals surface area contributed by atoms with Crippen LogP contribution in [0.25, 0.3) is 0 Å². The van der Waals surface area contributed by atoms with Gasteiger partial charge in [-0.3, -0.25) is 0 Å². The maximum atomic E-state index is 10.1. The van der Waals surface area contributed by atoms with Gasteiger partial charge in [0.15, 0.2) is 0 Å². The minimum atomic E-state index is -1.88. The molecule has 1 N–H and O–H groups in total. The van der Waals surface area contributed by atoms with Gasteiger partial charge in [-0.05, 0) is 30.0 Å². The Morgan fingerprint density at radius 3 is 1.67 bits per heavy atom. The lowest BCUT2D eigenvalue weighted by molar-refractivity contribution is 0.0384. The zero-order valence-electron chi connectivity index (χ0n) is 13.2. The van der Waals surface area contributed by atoms with Gasteiger partial charge in [-0.25, -0.2) is 0 Å². The summed E-state index contributed by atoms with van der Waals surface area (Å²) in [7, 11) is -1.88. The predicted molar refractivity (Wildman–Crippen MR) is 82.4 cm³/mol. The third-order valence-electron chi connectivity index (χ3n) is 4.05. The zero-order chi connectivity index (χ0) is 14.5. The fourth-order valence-electron chi connectivity index (χ4n) is 3.17. The molecule has 0 amide bonds. The zero-order valence-corrected chi connectivity index (χ0v) is 14.2. The smallest absolute Gasteiger partial charge is 0.200 e. The van der Waals surface area contributed by atoms with Crippen molar-refractivity contribution < 1.29 is 9.53 Å². The van der Waals surface area contributed by atoms with Gasteiger partial charge in [0.2, 0.25) is 8.32 Å². The molecule has 0 heterocycles. The summed E-state index contributed by atoms with van der Waals surface area (Å²) in [6.45, 7) is 19.2. The first-order chi connectivity index (χ1) is 8.20. The van der Waals surface area contributed by atoms with Crippen LogP contribution in [-0.2, 0) is 4.43 Å². The summed E-state index contributed by atoms with van der Waals surface area (Å²) < 4.78 is 6.48. The van der Waals surface area contributed by atoms with E-state index < -0.39 is 14.4 Å². The summed E-state index contributed by atoms with van der Waals surface area (Å²) in [5, 5.41) is 10.1. The topological polar surface area (TPSA) is 29.5 Å². The summed E-state index contributed by atoms with van der Waals surface area (Å²) in [6, 6.07) is 0. The molecule has 108 valence electrons. The van der Waals surface area contributed by atoms with Gasteiger partial charge in [0.25, 0.3) is 0 Å². The first kappa shape index (κ1) is 17.9. The second-order valence-corrected chi connectivity index (χ2v) is 11.6. The van der Waals surface area contributed by atoms with E-state index in [2.05, 4.69) is 48.1 Å². The van der Waals surface area contributed by atoms with Crippen LogP contribution in [0.15, 0.2) is 12.7 Å². The van der Waals surface area contributed by atoms with E-state index in [1.807, 2.05) is 6.92 Å². The van der Waals surface area contributed by atoms with E-state index >= 15 is 0 Å². The summed E-state index contributed by atoms with van der Waals surface area (Å²) in [5.41, 5.74) is 1.66. The van der Waals surface area contributed by atoms with Crippen LogP contribution in [-0.4, -0.2) is 25.6 Å². The van der Waals surface area contributed by atoms with E-state index in [1.165, 1.54) is 0 Å². The summed E-state index contributed by atoms with van der Waals surface area (Å²) >= 11 is 0. The van der Waals surface area contributed by atoms with Gasteiger partial charge < -0.3 is 9.53 Å². The highest BCUT2D eigenvalue weighted by atomic mass is 28.4. The third-order valence-corrected chi connectivity index (χ3v) is 10.2. The molecule has 0 aliphatic rings. The van der Waals surface area contributed by atoms with Crippen LogP contribution in [0.1, 0.15) is 54.9 Å². The number of aliphatic hydroxyl groups excluding tert-OH is 1. The lowest BCUT2D eigenvalue weighted by Crippen LogP contribution is -2.51. The molecule has 0 aromatic heterocycles. The average Bonchev–Trinajstić information content (AvgIpc) is 2.24.